The van der Waals surface area contributed by atoms with Gasteiger partial charge in [0.25, 0.3) is 0 Å². The fourth-order valence-corrected chi connectivity index (χ4v) is 2.59. The van der Waals surface area contributed by atoms with Gasteiger partial charge in [0.05, 0.1) is 11.8 Å². The van der Waals surface area contributed by atoms with Crippen molar-refractivity contribution in [2.45, 2.75) is 18.7 Å². The maximum Gasteiger partial charge on any atom is 0.331 e. The van der Waals surface area contributed by atoms with Crippen molar-refractivity contribution in [3.63, 3.8) is 0 Å². The number of aliphatic hydroxyl groups is 1. The lowest BCUT2D eigenvalue weighted by Gasteiger charge is -2.31. The second-order valence-corrected chi connectivity index (χ2v) is 4.16. The Kier molecular flexibility index (Phi) is 2.41. The van der Waals surface area contributed by atoms with Crippen LogP contribution in [0.25, 0.3) is 0 Å². The van der Waals surface area contributed by atoms with Gasteiger partial charge in [-0.25, -0.2) is 9.80 Å². The Morgan fingerprint density at radius 2 is 2.40 bits per heavy atom. The van der Waals surface area contributed by atoms with Crippen LogP contribution in [0.1, 0.15) is 16.5 Å². The number of rotatable bonds is 2. The van der Waals surface area contributed by atoms with Crippen molar-refractivity contribution in [3.8, 4) is 0 Å². The number of nitrogens with zero attached hydrogens (tertiary/aromatic N) is 2. The van der Waals surface area contributed by atoms with Crippen molar-refractivity contribution < 1.29 is 15.0 Å². The molecule has 0 bridgehead atoms. The van der Waals surface area contributed by atoms with Crippen molar-refractivity contribution in [2.24, 2.45) is 5.29 Å². The van der Waals surface area contributed by atoms with Gasteiger partial charge in [0.2, 0.25) is 0 Å². The van der Waals surface area contributed by atoms with E-state index in [0.29, 0.717) is 4.88 Å². The summed E-state index contributed by atoms with van der Waals surface area (Å²) in [6.07, 6.45) is -1.19. The highest BCUT2D eigenvalue weighted by Crippen LogP contribution is 2.35. The quantitative estimate of drug-likeness (QED) is 0.728. The molecule has 1 aromatic heterocycles. The number of carboxylic acids is 1. The van der Waals surface area contributed by atoms with E-state index in [4.69, 9.17) is 5.11 Å². The van der Waals surface area contributed by atoms with Crippen LogP contribution in [-0.2, 0) is 11.3 Å². The predicted molar refractivity (Wildman–Crippen MR) is 52.0 cm³/mol. The minimum Gasteiger partial charge on any atom is -0.480 e. The first-order valence-electron chi connectivity index (χ1n) is 4.22. The average molecular weight is 228 g/mol. The van der Waals surface area contributed by atoms with Crippen LogP contribution in [0.4, 0.5) is 0 Å². The van der Waals surface area contributed by atoms with Crippen LogP contribution in [0.15, 0.2) is 16.7 Å². The maximum atomic E-state index is 10.9. The summed E-state index contributed by atoms with van der Waals surface area (Å²) in [6.45, 7) is 0.135. The number of aliphatic carboxylic acids is 1. The van der Waals surface area contributed by atoms with Crippen LogP contribution in [0, 0.1) is 4.91 Å². The molecule has 0 radical (unpaired) electrons. The van der Waals surface area contributed by atoms with Crippen molar-refractivity contribution in [2.75, 3.05) is 0 Å². The van der Waals surface area contributed by atoms with E-state index in [1.807, 2.05) is 0 Å². The van der Waals surface area contributed by atoms with Gasteiger partial charge in [-0.1, -0.05) is 0 Å². The smallest absolute Gasteiger partial charge is 0.331 e. The average Bonchev–Trinajstić information content (AvgIpc) is 2.64. The van der Waals surface area contributed by atoms with Gasteiger partial charge in [-0.15, -0.1) is 16.2 Å². The fraction of sp³-hybridized carbons (Fsp3) is 0.375. The molecular weight excluding hydrogens is 220 g/mol. The topological polar surface area (TPSA) is 90.2 Å². The molecule has 7 heteroatoms. The van der Waals surface area contributed by atoms with Gasteiger partial charge in [0.15, 0.2) is 6.04 Å². The summed E-state index contributed by atoms with van der Waals surface area (Å²) in [7, 11) is 0. The minimum absolute atomic E-state index is 0.135. The van der Waals surface area contributed by atoms with E-state index < -0.39 is 18.1 Å². The number of carbonyl (C=O) groups is 1. The second kappa shape index (κ2) is 3.59. The van der Waals surface area contributed by atoms with Gasteiger partial charge in [-0.2, -0.15) is 0 Å². The monoisotopic (exact) mass is 228 g/mol. The van der Waals surface area contributed by atoms with Crippen molar-refractivity contribution in [1.29, 1.82) is 0 Å². The molecule has 6 nitrogen and oxygen atoms in total. The maximum absolute atomic E-state index is 10.9. The van der Waals surface area contributed by atoms with Crippen LogP contribution >= 0.6 is 11.3 Å². The van der Waals surface area contributed by atoms with Crippen LogP contribution in [0.2, 0.25) is 0 Å². The summed E-state index contributed by atoms with van der Waals surface area (Å²) >= 11 is 1.28. The highest BCUT2D eigenvalue weighted by Gasteiger charge is 2.40. The summed E-state index contributed by atoms with van der Waals surface area (Å²) in [5, 5.41) is 23.9. The molecule has 2 unspecified atom stereocenters. The lowest BCUT2D eigenvalue weighted by Crippen LogP contribution is -2.44. The first kappa shape index (κ1) is 10.1. The molecule has 0 fully saturated rings. The molecule has 80 valence electrons. The van der Waals surface area contributed by atoms with Crippen LogP contribution < -0.4 is 0 Å². The molecule has 2 N–H and O–H groups in total. The van der Waals surface area contributed by atoms with Crippen LogP contribution in [0.5, 0.6) is 0 Å². The molecule has 0 amide bonds. The van der Waals surface area contributed by atoms with Gasteiger partial charge in [-0.3, -0.25) is 0 Å². The Hall–Kier alpha value is -1.47. The molecule has 0 aromatic carbocycles. The zero-order valence-corrected chi connectivity index (χ0v) is 8.35. The highest BCUT2D eigenvalue weighted by molar-refractivity contribution is 7.10. The Morgan fingerprint density at radius 3 is 3.00 bits per heavy atom. The Bertz CT molecular complexity index is 405. The third-order valence-corrected chi connectivity index (χ3v) is 3.39. The Morgan fingerprint density at radius 1 is 1.67 bits per heavy atom. The standard InChI is InChI=1S/C8H8N2O4S/c11-6-5(8(12)13)10(9-14)3-4-1-2-15-7(4)6/h1-2,5-6,11H,3H2,(H,12,13). The number of thiophene rings is 1. The molecule has 0 saturated heterocycles. The lowest BCUT2D eigenvalue weighted by atomic mass is 10.0. The zero-order valence-electron chi connectivity index (χ0n) is 7.53. The number of hydrogen-bond donors (Lipinski definition) is 2. The summed E-state index contributed by atoms with van der Waals surface area (Å²) in [5.41, 5.74) is 0.754. The van der Waals surface area contributed by atoms with E-state index in [9.17, 15) is 14.8 Å². The van der Waals surface area contributed by atoms with Gasteiger partial charge >= 0.3 is 5.97 Å². The molecule has 0 aliphatic carbocycles. The van der Waals surface area contributed by atoms with E-state index >= 15 is 0 Å². The number of aliphatic hydroxyl groups excluding tert-OH is 1. The van der Waals surface area contributed by atoms with Gasteiger partial charge in [0.1, 0.15) is 6.10 Å². The zero-order chi connectivity index (χ0) is 11.0. The number of nitroso groups, excluding NO2 is 1. The summed E-state index contributed by atoms with van der Waals surface area (Å²) in [4.78, 5) is 21.9. The summed E-state index contributed by atoms with van der Waals surface area (Å²) < 4.78 is 0. The third kappa shape index (κ3) is 1.49. The molecule has 0 saturated carbocycles. The van der Waals surface area contributed by atoms with Crippen molar-refractivity contribution >= 4 is 17.3 Å². The minimum atomic E-state index is -1.28. The van der Waals surface area contributed by atoms with E-state index in [1.54, 1.807) is 11.4 Å². The first-order chi connectivity index (χ1) is 7.15. The molecular formula is C8H8N2O4S. The first-order valence-corrected chi connectivity index (χ1v) is 5.10. The predicted octanol–water partition coefficient (Wildman–Crippen LogP) is 0.732. The lowest BCUT2D eigenvalue weighted by molar-refractivity contribution is -0.149. The van der Waals surface area contributed by atoms with Crippen LogP contribution in [-0.4, -0.2) is 27.2 Å². The SMILES string of the molecule is O=NN1Cc2ccsc2C(O)C1C(=O)O. The Labute approximate surface area is 88.7 Å². The van der Waals surface area contributed by atoms with E-state index in [-0.39, 0.29) is 6.54 Å². The number of hydrogen-bond acceptors (Lipinski definition) is 5. The number of carboxylic acid groups (broad SMARTS) is 1. The third-order valence-electron chi connectivity index (χ3n) is 2.36. The molecule has 1 aliphatic rings. The largest absolute Gasteiger partial charge is 0.480 e. The van der Waals surface area contributed by atoms with Gasteiger partial charge in [0, 0.05) is 4.88 Å². The molecule has 0 spiro atoms. The van der Waals surface area contributed by atoms with E-state index in [2.05, 4.69) is 5.29 Å². The molecule has 1 aliphatic heterocycles. The highest BCUT2D eigenvalue weighted by atomic mass is 32.1. The van der Waals surface area contributed by atoms with Crippen LogP contribution in [0.3, 0.4) is 0 Å². The van der Waals surface area contributed by atoms with Crippen molar-refractivity contribution in [3.05, 3.63) is 26.8 Å². The van der Waals surface area contributed by atoms with Gasteiger partial charge < -0.3 is 10.2 Å². The van der Waals surface area contributed by atoms with Crippen molar-refractivity contribution in [1.82, 2.24) is 5.01 Å². The Balaban J connectivity index is 2.42. The van der Waals surface area contributed by atoms with E-state index in [1.165, 1.54) is 11.3 Å². The summed E-state index contributed by atoms with van der Waals surface area (Å²) in [5.74, 6) is -1.25. The fourth-order valence-electron chi connectivity index (χ4n) is 1.66. The van der Waals surface area contributed by atoms with Gasteiger partial charge in [-0.05, 0) is 17.0 Å². The molecule has 15 heavy (non-hydrogen) atoms. The van der Waals surface area contributed by atoms with E-state index in [0.717, 1.165) is 10.6 Å². The molecule has 2 heterocycles. The molecule has 1 aromatic rings. The normalized spacial score (nSPS) is 24.7. The molecule has 2 atom stereocenters. The second-order valence-electron chi connectivity index (χ2n) is 3.22. The number of fused-ring (bicyclic) bond motifs is 1. The molecule has 2 rings (SSSR count). The summed E-state index contributed by atoms with van der Waals surface area (Å²) in [6, 6.07) is 0.466.